The number of aliphatic hydroxyl groups is 2. The molecule has 5 heteroatoms. The van der Waals surface area contributed by atoms with Crippen molar-refractivity contribution in [3.63, 3.8) is 0 Å². The lowest BCUT2D eigenvalue weighted by molar-refractivity contribution is 0.165. The Morgan fingerprint density at radius 3 is 2.60 bits per heavy atom. The molecule has 0 aromatic heterocycles. The van der Waals surface area contributed by atoms with E-state index in [-0.39, 0.29) is 18.7 Å². The molecule has 3 nitrogen and oxygen atoms in total. The maximum atomic E-state index is 13.5. The Balaban J connectivity index is 2.46. The maximum absolute atomic E-state index is 13.5. The normalized spacial score (nSPS) is 14.2. The van der Waals surface area contributed by atoms with Crippen molar-refractivity contribution in [1.82, 2.24) is 5.32 Å². The van der Waals surface area contributed by atoms with Crippen molar-refractivity contribution in [3.05, 3.63) is 35.4 Å². The molecule has 0 aliphatic rings. The van der Waals surface area contributed by atoms with Crippen molar-refractivity contribution < 1.29 is 19.0 Å². The third-order valence-corrected chi connectivity index (χ3v) is 3.32. The van der Waals surface area contributed by atoms with Crippen LogP contribution in [0.2, 0.25) is 0 Å². The van der Waals surface area contributed by atoms with E-state index in [2.05, 4.69) is 12.2 Å². The van der Waals surface area contributed by atoms with Crippen LogP contribution in [0.1, 0.15) is 37.9 Å². The highest BCUT2D eigenvalue weighted by Gasteiger charge is 2.14. The van der Waals surface area contributed by atoms with E-state index in [0.717, 1.165) is 31.0 Å². The minimum atomic E-state index is -1.08. The monoisotopic (exact) mass is 287 g/mol. The van der Waals surface area contributed by atoms with E-state index >= 15 is 0 Å². The summed E-state index contributed by atoms with van der Waals surface area (Å²) in [5.74, 6) is -0.847. The highest BCUT2D eigenvalue weighted by Crippen LogP contribution is 2.18. The number of rotatable bonds is 9. The van der Waals surface area contributed by atoms with E-state index < -0.39 is 17.7 Å². The zero-order chi connectivity index (χ0) is 15.0. The molecule has 3 N–H and O–H groups in total. The Morgan fingerprint density at radius 2 is 1.95 bits per heavy atom. The van der Waals surface area contributed by atoms with Crippen molar-refractivity contribution in [2.45, 2.75) is 32.3 Å². The van der Waals surface area contributed by atoms with E-state index in [4.69, 9.17) is 5.11 Å². The summed E-state index contributed by atoms with van der Waals surface area (Å²) in [6, 6.07) is 3.05. The van der Waals surface area contributed by atoms with E-state index in [1.807, 2.05) is 0 Å². The highest BCUT2D eigenvalue weighted by atomic mass is 19.1. The zero-order valence-corrected chi connectivity index (χ0v) is 11.8. The third-order valence-electron chi connectivity index (χ3n) is 3.32. The fraction of sp³-hybridized carbons (Fsp3) is 0.600. The third kappa shape index (κ3) is 5.53. The number of aliphatic hydroxyl groups excluding tert-OH is 2. The Morgan fingerprint density at radius 1 is 1.20 bits per heavy atom. The summed E-state index contributed by atoms with van der Waals surface area (Å²) >= 11 is 0. The van der Waals surface area contributed by atoms with E-state index in [9.17, 15) is 13.9 Å². The van der Waals surface area contributed by atoms with Crippen LogP contribution in [-0.2, 0) is 0 Å². The SMILES string of the molecule is CCCC(CCO)CNCC(O)c1cc(F)ccc1F. The second-order valence-electron chi connectivity index (χ2n) is 5.01. The largest absolute Gasteiger partial charge is 0.396 e. The molecule has 1 rings (SSSR count). The summed E-state index contributed by atoms with van der Waals surface area (Å²) < 4.78 is 26.5. The van der Waals surface area contributed by atoms with Gasteiger partial charge in [-0.15, -0.1) is 0 Å². The number of nitrogens with one attached hydrogen (secondary N) is 1. The first kappa shape index (κ1) is 17.0. The molecule has 2 unspecified atom stereocenters. The predicted octanol–water partition coefficient (Wildman–Crippen LogP) is 2.39. The van der Waals surface area contributed by atoms with Gasteiger partial charge >= 0.3 is 0 Å². The summed E-state index contributed by atoms with van der Waals surface area (Å²) in [6.45, 7) is 3.00. The average molecular weight is 287 g/mol. The first-order valence-electron chi connectivity index (χ1n) is 7.03. The summed E-state index contributed by atoms with van der Waals surface area (Å²) in [5, 5.41) is 21.9. The molecule has 0 saturated heterocycles. The van der Waals surface area contributed by atoms with E-state index in [1.54, 1.807) is 0 Å². The van der Waals surface area contributed by atoms with Crippen LogP contribution < -0.4 is 5.32 Å². The lowest BCUT2D eigenvalue weighted by atomic mass is 10.00. The topological polar surface area (TPSA) is 52.5 Å². The summed E-state index contributed by atoms with van der Waals surface area (Å²) in [5.41, 5.74) is -0.0355. The van der Waals surface area contributed by atoms with Crippen molar-refractivity contribution in [2.75, 3.05) is 19.7 Å². The van der Waals surface area contributed by atoms with Gasteiger partial charge in [0.05, 0.1) is 6.10 Å². The second kappa shape index (κ2) is 9.00. The van der Waals surface area contributed by atoms with Crippen LogP contribution in [0, 0.1) is 17.6 Å². The van der Waals surface area contributed by atoms with Gasteiger partial charge in [-0.1, -0.05) is 13.3 Å². The molecule has 2 atom stereocenters. The Hall–Kier alpha value is -1.04. The lowest BCUT2D eigenvalue weighted by Crippen LogP contribution is -2.28. The quantitative estimate of drug-likeness (QED) is 0.653. The number of hydrogen-bond acceptors (Lipinski definition) is 3. The van der Waals surface area contributed by atoms with Gasteiger partial charge in [-0.05, 0) is 43.5 Å². The number of benzene rings is 1. The van der Waals surface area contributed by atoms with Crippen LogP contribution in [0.25, 0.3) is 0 Å². The molecule has 0 bridgehead atoms. The zero-order valence-electron chi connectivity index (χ0n) is 11.8. The molecule has 0 fully saturated rings. The van der Waals surface area contributed by atoms with Gasteiger partial charge in [0.2, 0.25) is 0 Å². The Kier molecular flexibility index (Phi) is 7.65. The van der Waals surface area contributed by atoms with Crippen LogP contribution in [0.5, 0.6) is 0 Å². The molecule has 114 valence electrons. The standard InChI is InChI=1S/C15H23F2NO2/c1-2-3-11(6-7-19)9-18-10-15(20)13-8-12(16)4-5-14(13)17/h4-5,8,11,15,18-20H,2-3,6-7,9-10H2,1H3. The van der Waals surface area contributed by atoms with E-state index in [0.29, 0.717) is 18.9 Å². The Bertz CT molecular complexity index is 395. The van der Waals surface area contributed by atoms with Gasteiger partial charge in [0.15, 0.2) is 0 Å². The fourth-order valence-corrected chi connectivity index (χ4v) is 2.24. The predicted molar refractivity (Wildman–Crippen MR) is 74.3 cm³/mol. The van der Waals surface area contributed by atoms with Crippen LogP contribution >= 0.6 is 0 Å². The van der Waals surface area contributed by atoms with Gasteiger partial charge in [0, 0.05) is 18.7 Å². The van der Waals surface area contributed by atoms with Crippen LogP contribution in [0.3, 0.4) is 0 Å². The second-order valence-corrected chi connectivity index (χ2v) is 5.01. The van der Waals surface area contributed by atoms with Crippen molar-refractivity contribution in [1.29, 1.82) is 0 Å². The van der Waals surface area contributed by atoms with Crippen LogP contribution in [0.15, 0.2) is 18.2 Å². The van der Waals surface area contributed by atoms with Gasteiger partial charge in [-0.3, -0.25) is 0 Å². The van der Waals surface area contributed by atoms with Gasteiger partial charge in [0.25, 0.3) is 0 Å². The molecule has 0 aliphatic carbocycles. The molecular weight excluding hydrogens is 264 g/mol. The molecule has 0 saturated carbocycles. The van der Waals surface area contributed by atoms with Crippen molar-refractivity contribution in [2.24, 2.45) is 5.92 Å². The van der Waals surface area contributed by atoms with Gasteiger partial charge in [-0.25, -0.2) is 8.78 Å². The van der Waals surface area contributed by atoms with Crippen LogP contribution in [-0.4, -0.2) is 29.9 Å². The minimum absolute atomic E-state index is 0.0355. The molecule has 20 heavy (non-hydrogen) atoms. The number of hydrogen-bond donors (Lipinski definition) is 3. The average Bonchev–Trinajstić information content (AvgIpc) is 2.42. The van der Waals surface area contributed by atoms with Gasteiger partial charge in [0.1, 0.15) is 11.6 Å². The molecule has 1 aromatic carbocycles. The maximum Gasteiger partial charge on any atom is 0.129 e. The molecule has 0 spiro atoms. The first-order chi connectivity index (χ1) is 9.58. The number of halogens is 2. The minimum Gasteiger partial charge on any atom is -0.396 e. The molecule has 0 aliphatic heterocycles. The first-order valence-corrected chi connectivity index (χ1v) is 7.03. The molecule has 0 amide bonds. The molecular formula is C15H23F2NO2. The highest BCUT2D eigenvalue weighted by molar-refractivity contribution is 5.21. The van der Waals surface area contributed by atoms with Crippen molar-refractivity contribution >= 4 is 0 Å². The summed E-state index contributed by atoms with van der Waals surface area (Å²) in [7, 11) is 0. The fourth-order valence-electron chi connectivity index (χ4n) is 2.24. The summed E-state index contributed by atoms with van der Waals surface area (Å²) in [4.78, 5) is 0. The van der Waals surface area contributed by atoms with Crippen LogP contribution in [0.4, 0.5) is 8.78 Å². The molecule has 0 radical (unpaired) electrons. The molecule has 1 aromatic rings. The van der Waals surface area contributed by atoms with Crippen molar-refractivity contribution in [3.8, 4) is 0 Å². The van der Waals surface area contributed by atoms with Gasteiger partial charge < -0.3 is 15.5 Å². The van der Waals surface area contributed by atoms with Gasteiger partial charge in [-0.2, -0.15) is 0 Å². The smallest absolute Gasteiger partial charge is 0.129 e. The summed E-state index contributed by atoms with van der Waals surface area (Å²) in [6.07, 6.45) is 1.62. The lowest BCUT2D eigenvalue weighted by Gasteiger charge is -2.18. The molecule has 0 heterocycles. The van der Waals surface area contributed by atoms with E-state index in [1.165, 1.54) is 0 Å². The Labute approximate surface area is 118 Å².